The number of anilines is 2. The van der Waals surface area contributed by atoms with Crippen molar-refractivity contribution in [1.29, 1.82) is 0 Å². The van der Waals surface area contributed by atoms with Crippen molar-refractivity contribution in [2.45, 2.75) is 12.2 Å². The van der Waals surface area contributed by atoms with Crippen LogP contribution in [0.2, 0.25) is 0 Å². The number of furan rings is 1. The smallest absolute Gasteiger partial charge is 0.293 e. The SMILES string of the molecule is C=CCNS(=O)(=O)Cc1ccc(NC(=O)Cc2csc(NC(=O)c3ccco3)n2)cc1. The fraction of sp³-hybridized carbons (Fsp3) is 0.150. The molecule has 0 aliphatic carbocycles. The van der Waals surface area contributed by atoms with Crippen molar-refractivity contribution in [3.8, 4) is 0 Å². The number of thiazole rings is 1. The largest absolute Gasteiger partial charge is 0.459 e. The number of nitrogens with zero attached hydrogens (tertiary/aromatic N) is 1. The van der Waals surface area contributed by atoms with E-state index in [0.29, 0.717) is 22.1 Å². The predicted octanol–water partition coefficient (Wildman–Crippen LogP) is 2.78. The van der Waals surface area contributed by atoms with Crippen LogP contribution in [-0.4, -0.2) is 31.8 Å². The van der Waals surface area contributed by atoms with Crippen LogP contribution in [0.15, 0.2) is 65.1 Å². The maximum absolute atomic E-state index is 12.3. The minimum atomic E-state index is -3.45. The minimum absolute atomic E-state index is 0.0225. The second kappa shape index (κ2) is 10.2. The maximum atomic E-state index is 12.3. The Balaban J connectivity index is 1.51. The Morgan fingerprint density at radius 1 is 1.16 bits per heavy atom. The van der Waals surface area contributed by atoms with Gasteiger partial charge in [0.25, 0.3) is 5.91 Å². The topological polar surface area (TPSA) is 130 Å². The third kappa shape index (κ3) is 6.88. The highest BCUT2D eigenvalue weighted by Gasteiger charge is 2.14. The van der Waals surface area contributed by atoms with Crippen LogP contribution in [0.25, 0.3) is 0 Å². The van der Waals surface area contributed by atoms with Crippen LogP contribution in [0, 0.1) is 0 Å². The average molecular weight is 461 g/mol. The first-order chi connectivity index (χ1) is 14.8. The van der Waals surface area contributed by atoms with Gasteiger partial charge in [-0.15, -0.1) is 17.9 Å². The summed E-state index contributed by atoms with van der Waals surface area (Å²) in [5.74, 6) is -0.706. The lowest BCUT2D eigenvalue weighted by molar-refractivity contribution is -0.115. The second-order valence-electron chi connectivity index (χ2n) is 6.39. The molecule has 2 aromatic heterocycles. The highest BCUT2D eigenvalue weighted by Crippen LogP contribution is 2.18. The van der Waals surface area contributed by atoms with Gasteiger partial charge < -0.3 is 9.73 Å². The summed E-state index contributed by atoms with van der Waals surface area (Å²) in [6.07, 6.45) is 2.89. The predicted molar refractivity (Wildman–Crippen MR) is 118 cm³/mol. The molecule has 3 aromatic rings. The molecule has 31 heavy (non-hydrogen) atoms. The molecule has 0 saturated heterocycles. The minimum Gasteiger partial charge on any atom is -0.459 e. The summed E-state index contributed by atoms with van der Waals surface area (Å²) in [6, 6.07) is 9.67. The van der Waals surface area contributed by atoms with Crippen molar-refractivity contribution in [2.75, 3.05) is 17.2 Å². The quantitative estimate of drug-likeness (QED) is 0.399. The molecule has 0 spiro atoms. The summed E-state index contributed by atoms with van der Waals surface area (Å²) in [4.78, 5) is 28.4. The van der Waals surface area contributed by atoms with Crippen LogP contribution in [0.4, 0.5) is 10.8 Å². The number of hydrogen-bond acceptors (Lipinski definition) is 7. The number of benzene rings is 1. The summed E-state index contributed by atoms with van der Waals surface area (Å²) in [7, 11) is -3.45. The third-order valence-corrected chi connectivity index (χ3v) is 6.03. The highest BCUT2D eigenvalue weighted by molar-refractivity contribution is 7.88. The molecule has 3 N–H and O–H groups in total. The highest BCUT2D eigenvalue weighted by atomic mass is 32.2. The first-order valence-corrected chi connectivity index (χ1v) is 11.6. The number of rotatable bonds is 10. The molecule has 11 heteroatoms. The van der Waals surface area contributed by atoms with Gasteiger partial charge in [-0.05, 0) is 29.8 Å². The van der Waals surface area contributed by atoms with E-state index in [9.17, 15) is 18.0 Å². The number of carbonyl (C=O) groups is 2. The fourth-order valence-electron chi connectivity index (χ4n) is 2.52. The molecule has 9 nitrogen and oxygen atoms in total. The number of amides is 2. The van der Waals surface area contributed by atoms with Crippen LogP contribution in [-0.2, 0) is 27.0 Å². The Kier molecular flexibility index (Phi) is 7.34. The molecule has 0 bridgehead atoms. The standard InChI is InChI=1S/C20H20N4O5S2/c1-2-9-21-31(27,28)13-14-5-7-15(8-6-14)22-18(25)11-16-12-30-20(23-16)24-19(26)17-4-3-10-29-17/h2-8,10,12,21H,1,9,11,13H2,(H,22,25)(H,23,24,26). The molecule has 162 valence electrons. The number of aromatic nitrogens is 1. The number of hydrogen-bond donors (Lipinski definition) is 3. The molecule has 2 amide bonds. The van der Waals surface area contributed by atoms with Crippen molar-refractivity contribution >= 4 is 44.0 Å². The average Bonchev–Trinajstić information content (AvgIpc) is 3.40. The van der Waals surface area contributed by atoms with Crippen molar-refractivity contribution in [3.05, 3.63) is 77.7 Å². The lowest BCUT2D eigenvalue weighted by atomic mass is 10.2. The molecule has 0 aliphatic rings. The summed E-state index contributed by atoms with van der Waals surface area (Å²) in [5.41, 5.74) is 1.63. The Morgan fingerprint density at radius 2 is 1.94 bits per heavy atom. The number of carbonyl (C=O) groups excluding carboxylic acids is 2. The number of sulfonamides is 1. The Morgan fingerprint density at radius 3 is 2.61 bits per heavy atom. The van der Waals surface area contributed by atoms with E-state index in [1.807, 2.05) is 0 Å². The van der Waals surface area contributed by atoms with Crippen LogP contribution < -0.4 is 15.4 Å². The normalized spacial score (nSPS) is 11.1. The zero-order chi connectivity index (χ0) is 22.3. The molecule has 0 saturated carbocycles. The van der Waals surface area contributed by atoms with Crippen molar-refractivity contribution in [1.82, 2.24) is 9.71 Å². The Hall–Kier alpha value is -3.28. The van der Waals surface area contributed by atoms with Gasteiger partial charge in [0.2, 0.25) is 15.9 Å². The third-order valence-electron chi connectivity index (χ3n) is 3.90. The zero-order valence-electron chi connectivity index (χ0n) is 16.3. The van der Waals surface area contributed by atoms with E-state index in [1.54, 1.807) is 35.7 Å². The van der Waals surface area contributed by atoms with E-state index in [2.05, 4.69) is 26.9 Å². The second-order valence-corrected chi connectivity index (χ2v) is 9.06. The van der Waals surface area contributed by atoms with Crippen molar-refractivity contribution in [3.63, 3.8) is 0 Å². The molecule has 0 aliphatic heterocycles. The molecule has 2 heterocycles. The lowest BCUT2D eigenvalue weighted by Gasteiger charge is -2.07. The van der Waals surface area contributed by atoms with Gasteiger partial charge in [0, 0.05) is 17.6 Å². The van der Waals surface area contributed by atoms with Crippen molar-refractivity contribution < 1.29 is 22.4 Å². The molecule has 0 fully saturated rings. The summed E-state index contributed by atoms with van der Waals surface area (Å²) in [5, 5.41) is 7.38. The Labute approximate surface area is 183 Å². The molecular weight excluding hydrogens is 440 g/mol. The van der Waals surface area contributed by atoms with Gasteiger partial charge >= 0.3 is 0 Å². The van der Waals surface area contributed by atoms with Crippen LogP contribution >= 0.6 is 11.3 Å². The molecule has 0 atom stereocenters. The van der Waals surface area contributed by atoms with E-state index in [0.717, 1.165) is 0 Å². The van der Waals surface area contributed by atoms with E-state index in [4.69, 9.17) is 4.42 Å². The molecule has 1 aromatic carbocycles. The molecular formula is C20H20N4O5S2. The number of nitrogens with one attached hydrogen (secondary N) is 3. The Bertz CT molecular complexity index is 1150. The van der Waals surface area contributed by atoms with Crippen molar-refractivity contribution in [2.24, 2.45) is 0 Å². The first kappa shape index (κ1) is 22.4. The lowest BCUT2D eigenvalue weighted by Crippen LogP contribution is -2.25. The van der Waals surface area contributed by atoms with E-state index < -0.39 is 15.9 Å². The van der Waals surface area contributed by atoms with Gasteiger partial charge in [0.1, 0.15) is 0 Å². The monoisotopic (exact) mass is 460 g/mol. The van der Waals surface area contributed by atoms with E-state index >= 15 is 0 Å². The molecule has 0 unspecified atom stereocenters. The van der Waals surface area contributed by atoms with Gasteiger partial charge in [-0.3, -0.25) is 14.9 Å². The van der Waals surface area contributed by atoms with Gasteiger partial charge in [-0.1, -0.05) is 18.2 Å². The summed E-state index contributed by atoms with van der Waals surface area (Å²) < 4.78 is 31.2. The molecule has 3 rings (SSSR count). The zero-order valence-corrected chi connectivity index (χ0v) is 18.0. The fourth-order valence-corrected chi connectivity index (χ4v) is 4.33. The van der Waals surface area contributed by atoms with Gasteiger partial charge in [-0.2, -0.15) is 0 Å². The van der Waals surface area contributed by atoms with Crippen LogP contribution in [0.3, 0.4) is 0 Å². The van der Waals surface area contributed by atoms with Crippen LogP contribution in [0.5, 0.6) is 0 Å². The van der Waals surface area contributed by atoms with Gasteiger partial charge in [0.05, 0.1) is 24.1 Å². The summed E-state index contributed by atoms with van der Waals surface area (Å²) in [6.45, 7) is 3.64. The van der Waals surface area contributed by atoms with E-state index in [-0.39, 0.29) is 30.4 Å². The maximum Gasteiger partial charge on any atom is 0.293 e. The van der Waals surface area contributed by atoms with E-state index in [1.165, 1.54) is 29.7 Å². The first-order valence-electron chi connectivity index (χ1n) is 9.11. The van der Waals surface area contributed by atoms with Gasteiger partial charge in [0.15, 0.2) is 10.9 Å². The molecule has 0 radical (unpaired) electrons. The van der Waals surface area contributed by atoms with Gasteiger partial charge in [-0.25, -0.2) is 18.1 Å². The van der Waals surface area contributed by atoms with Crippen LogP contribution in [0.1, 0.15) is 21.8 Å². The summed E-state index contributed by atoms with van der Waals surface area (Å²) >= 11 is 1.20.